The van der Waals surface area contributed by atoms with Crippen LogP contribution >= 0.6 is 8.30 Å². The summed E-state index contributed by atoms with van der Waals surface area (Å²) < 4.78 is 13.5. The number of anilines is 1. The van der Waals surface area contributed by atoms with Crippen LogP contribution in [0.3, 0.4) is 0 Å². The van der Waals surface area contributed by atoms with E-state index in [9.17, 15) is 0 Å². The lowest BCUT2D eigenvalue weighted by atomic mass is 10.3. The van der Waals surface area contributed by atoms with E-state index in [1.54, 1.807) is 7.11 Å². The second-order valence-electron chi connectivity index (χ2n) is 4.26. The summed E-state index contributed by atoms with van der Waals surface area (Å²) in [5, 5.41) is 1.26. The Hall–Kier alpha value is -1.57. The van der Waals surface area contributed by atoms with E-state index in [1.165, 1.54) is 11.0 Å². The van der Waals surface area contributed by atoms with E-state index >= 15 is 0 Å². The molecule has 3 rings (SSSR count). The van der Waals surface area contributed by atoms with E-state index in [0.717, 1.165) is 18.9 Å². The van der Waals surface area contributed by atoms with Crippen LogP contribution in [-0.2, 0) is 4.52 Å². The van der Waals surface area contributed by atoms with Crippen molar-refractivity contribution in [1.29, 1.82) is 0 Å². The second kappa shape index (κ2) is 5.60. The first-order valence-corrected chi connectivity index (χ1v) is 7.49. The molecule has 0 amide bonds. The number of benzene rings is 2. The fourth-order valence-corrected chi connectivity index (χ4v) is 3.99. The topological polar surface area (TPSA) is 21.7 Å². The van der Waals surface area contributed by atoms with E-state index in [1.807, 2.05) is 18.2 Å². The third-order valence-electron chi connectivity index (χ3n) is 3.08. The molecule has 3 nitrogen and oxygen atoms in total. The van der Waals surface area contributed by atoms with Gasteiger partial charge >= 0.3 is 0 Å². The van der Waals surface area contributed by atoms with Crippen LogP contribution in [0.25, 0.3) is 0 Å². The molecule has 4 heteroatoms. The maximum Gasteiger partial charge on any atom is 0.166 e. The van der Waals surface area contributed by atoms with E-state index in [-0.39, 0.29) is 0 Å². The number of nitrogens with zero attached hydrogens (tertiary/aromatic N) is 1. The van der Waals surface area contributed by atoms with Gasteiger partial charge in [-0.2, -0.15) is 0 Å². The van der Waals surface area contributed by atoms with Crippen molar-refractivity contribution in [2.45, 2.75) is 0 Å². The van der Waals surface area contributed by atoms with Crippen molar-refractivity contribution in [2.75, 3.05) is 24.9 Å². The van der Waals surface area contributed by atoms with Crippen LogP contribution in [0.4, 0.5) is 5.69 Å². The van der Waals surface area contributed by atoms with Crippen LogP contribution in [0.15, 0.2) is 54.6 Å². The summed E-state index contributed by atoms with van der Waals surface area (Å²) in [6.45, 7) is 1.72. The molecule has 1 atom stereocenters. The molecule has 0 aromatic heterocycles. The number of hydrogen-bond donors (Lipinski definition) is 0. The Morgan fingerprint density at radius 1 is 1.05 bits per heavy atom. The SMILES string of the molecule is COc1ccc(N2CCOP2c2ccccc2)cc1. The molecule has 0 bridgehead atoms. The Balaban J connectivity index is 1.86. The molecule has 1 saturated heterocycles. The predicted octanol–water partition coefficient (Wildman–Crippen LogP) is 3.17. The average Bonchev–Trinajstić information content (AvgIpc) is 2.98. The van der Waals surface area contributed by atoms with Gasteiger partial charge in [-0.1, -0.05) is 30.3 Å². The minimum absolute atomic E-state index is 0.701. The standard InChI is InChI=1S/C15H16NO2P/c1-17-14-9-7-13(8-10-14)16-11-12-18-19(16)15-5-3-2-4-6-15/h2-10H,11-12H2,1H3. The third-order valence-corrected chi connectivity index (χ3v) is 5.12. The molecule has 0 spiro atoms. The smallest absolute Gasteiger partial charge is 0.166 e. The summed E-state index contributed by atoms with van der Waals surface area (Å²) in [5.41, 5.74) is 1.19. The fourth-order valence-electron chi connectivity index (χ4n) is 2.13. The minimum Gasteiger partial charge on any atom is -0.497 e. The molecule has 2 aromatic rings. The van der Waals surface area contributed by atoms with Crippen molar-refractivity contribution in [1.82, 2.24) is 0 Å². The van der Waals surface area contributed by atoms with Crippen molar-refractivity contribution in [2.24, 2.45) is 0 Å². The van der Waals surface area contributed by atoms with Crippen molar-refractivity contribution in [3.63, 3.8) is 0 Å². The number of hydrogen-bond acceptors (Lipinski definition) is 3. The number of rotatable bonds is 3. The van der Waals surface area contributed by atoms with Gasteiger partial charge in [-0.25, -0.2) is 0 Å². The van der Waals surface area contributed by atoms with Gasteiger partial charge < -0.3 is 13.9 Å². The van der Waals surface area contributed by atoms with Gasteiger partial charge in [-0.15, -0.1) is 0 Å². The molecule has 1 aliphatic rings. The van der Waals surface area contributed by atoms with Gasteiger partial charge in [0.25, 0.3) is 0 Å². The minimum atomic E-state index is -0.701. The third kappa shape index (κ3) is 2.58. The monoisotopic (exact) mass is 273 g/mol. The van der Waals surface area contributed by atoms with Crippen molar-refractivity contribution in [3.8, 4) is 5.75 Å². The zero-order valence-electron chi connectivity index (χ0n) is 10.8. The predicted molar refractivity (Wildman–Crippen MR) is 79.3 cm³/mol. The van der Waals surface area contributed by atoms with Gasteiger partial charge in [0.2, 0.25) is 0 Å². The number of ether oxygens (including phenoxy) is 1. The molecule has 0 radical (unpaired) electrons. The average molecular weight is 273 g/mol. The van der Waals surface area contributed by atoms with Gasteiger partial charge in [0.05, 0.1) is 13.7 Å². The molecule has 98 valence electrons. The highest BCUT2D eigenvalue weighted by atomic mass is 31.2. The summed E-state index contributed by atoms with van der Waals surface area (Å²) in [6.07, 6.45) is 0. The molecule has 0 saturated carbocycles. The fraction of sp³-hybridized carbons (Fsp3) is 0.200. The van der Waals surface area contributed by atoms with Crippen LogP contribution in [0.1, 0.15) is 0 Å². The van der Waals surface area contributed by atoms with Crippen LogP contribution in [-0.4, -0.2) is 20.3 Å². The molecule has 2 aromatic carbocycles. The van der Waals surface area contributed by atoms with E-state index in [2.05, 4.69) is 41.1 Å². The lowest BCUT2D eigenvalue weighted by molar-refractivity contribution is 0.402. The first-order valence-electron chi connectivity index (χ1n) is 6.28. The first kappa shape index (κ1) is 12.5. The lowest BCUT2D eigenvalue weighted by Crippen LogP contribution is -2.17. The summed E-state index contributed by atoms with van der Waals surface area (Å²) in [5.74, 6) is 0.882. The van der Waals surface area contributed by atoms with Crippen molar-refractivity contribution >= 4 is 19.3 Å². The van der Waals surface area contributed by atoms with Gasteiger partial charge in [-0.3, -0.25) is 0 Å². The highest BCUT2D eigenvalue weighted by Gasteiger charge is 2.27. The lowest BCUT2D eigenvalue weighted by Gasteiger charge is -2.24. The van der Waals surface area contributed by atoms with E-state index < -0.39 is 8.30 Å². The Morgan fingerprint density at radius 3 is 2.47 bits per heavy atom. The Bertz CT molecular complexity index is 530. The van der Waals surface area contributed by atoms with Crippen LogP contribution in [0.5, 0.6) is 5.75 Å². The Labute approximate surface area is 114 Å². The van der Waals surface area contributed by atoms with Crippen LogP contribution in [0.2, 0.25) is 0 Å². The highest BCUT2D eigenvalue weighted by molar-refractivity contribution is 7.62. The molecule has 1 unspecified atom stereocenters. The molecular formula is C15H16NO2P. The normalized spacial score (nSPS) is 18.6. The molecule has 0 aliphatic carbocycles. The summed E-state index contributed by atoms with van der Waals surface area (Å²) in [6, 6.07) is 18.6. The van der Waals surface area contributed by atoms with Gasteiger partial charge in [0.1, 0.15) is 5.75 Å². The van der Waals surface area contributed by atoms with Crippen molar-refractivity contribution in [3.05, 3.63) is 54.6 Å². The zero-order chi connectivity index (χ0) is 13.1. The molecule has 1 fully saturated rings. The molecule has 1 heterocycles. The van der Waals surface area contributed by atoms with Gasteiger partial charge in [0.15, 0.2) is 8.30 Å². The molecule has 19 heavy (non-hydrogen) atoms. The Morgan fingerprint density at radius 2 is 1.79 bits per heavy atom. The molecular weight excluding hydrogens is 257 g/mol. The maximum absolute atomic E-state index is 5.92. The van der Waals surface area contributed by atoms with Gasteiger partial charge in [0, 0.05) is 17.5 Å². The quantitative estimate of drug-likeness (QED) is 0.802. The van der Waals surface area contributed by atoms with Crippen molar-refractivity contribution < 1.29 is 9.26 Å². The highest BCUT2D eigenvalue weighted by Crippen LogP contribution is 2.47. The summed E-state index contributed by atoms with van der Waals surface area (Å²) >= 11 is 0. The van der Waals surface area contributed by atoms with E-state index in [4.69, 9.17) is 9.26 Å². The second-order valence-corrected chi connectivity index (χ2v) is 6.07. The van der Waals surface area contributed by atoms with E-state index in [0.29, 0.717) is 0 Å². The first-order chi connectivity index (χ1) is 9.38. The van der Waals surface area contributed by atoms with Gasteiger partial charge in [-0.05, 0) is 24.3 Å². The number of methoxy groups -OCH3 is 1. The summed E-state index contributed by atoms with van der Waals surface area (Å²) in [4.78, 5) is 0. The largest absolute Gasteiger partial charge is 0.497 e. The molecule has 1 aliphatic heterocycles. The molecule has 0 N–H and O–H groups in total. The summed E-state index contributed by atoms with van der Waals surface area (Å²) in [7, 11) is 0.984. The van der Waals surface area contributed by atoms with Crippen LogP contribution in [0, 0.1) is 0 Å². The zero-order valence-corrected chi connectivity index (χ0v) is 11.7. The Kier molecular flexibility index (Phi) is 3.67. The maximum atomic E-state index is 5.92. The van der Waals surface area contributed by atoms with Crippen LogP contribution < -0.4 is 14.7 Å².